The largest absolute Gasteiger partial charge is 0.493 e. The number of anilines is 2. The van der Waals surface area contributed by atoms with E-state index in [4.69, 9.17) is 14.0 Å². The molecule has 0 aliphatic carbocycles. The molecule has 0 saturated carbocycles. The fourth-order valence-corrected chi connectivity index (χ4v) is 3.63. The number of alkyl halides is 3. The lowest BCUT2D eigenvalue weighted by Crippen LogP contribution is -2.36. The van der Waals surface area contributed by atoms with E-state index >= 15 is 0 Å². The third-order valence-corrected chi connectivity index (χ3v) is 5.16. The maximum atomic E-state index is 13.9. The van der Waals surface area contributed by atoms with Gasteiger partial charge in [0.2, 0.25) is 0 Å². The van der Waals surface area contributed by atoms with Gasteiger partial charge >= 0.3 is 6.18 Å². The van der Waals surface area contributed by atoms with E-state index in [1.807, 2.05) is 0 Å². The predicted molar refractivity (Wildman–Crippen MR) is 107 cm³/mol. The maximum absolute atomic E-state index is 13.9. The number of aromatic nitrogens is 3. The highest BCUT2D eigenvalue weighted by molar-refractivity contribution is 6.07. The van der Waals surface area contributed by atoms with Gasteiger partial charge in [-0.2, -0.15) is 18.3 Å². The summed E-state index contributed by atoms with van der Waals surface area (Å²) in [7, 11) is 2.91. The van der Waals surface area contributed by atoms with Crippen LogP contribution in [0.25, 0.3) is 0 Å². The van der Waals surface area contributed by atoms with E-state index in [0.29, 0.717) is 22.8 Å². The average Bonchev–Trinajstić information content (AvgIpc) is 3.37. The Labute approximate surface area is 180 Å². The first kappa shape index (κ1) is 21.5. The summed E-state index contributed by atoms with van der Waals surface area (Å²) in [4.78, 5) is 12.7. The van der Waals surface area contributed by atoms with Crippen LogP contribution in [0.15, 0.2) is 35.0 Å². The summed E-state index contributed by atoms with van der Waals surface area (Å²) >= 11 is 0. The zero-order valence-corrected chi connectivity index (χ0v) is 17.4. The Balaban J connectivity index is 1.70. The highest BCUT2D eigenvalue weighted by Crippen LogP contribution is 2.45. The van der Waals surface area contributed by atoms with Crippen LogP contribution in [-0.2, 0) is 0 Å². The number of nitrogens with one attached hydrogen (secondary N) is 2. The zero-order chi connectivity index (χ0) is 23.0. The summed E-state index contributed by atoms with van der Waals surface area (Å²) < 4.78 is 57.8. The quantitative estimate of drug-likeness (QED) is 0.602. The van der Waals surface area contributed by atoms with Gasteiger partial charge in [0.25, 0.3) is 5.91 Å². The van der Waals surface area contributed by atoms with Crippen molar-refractivity contribution in [1.82, 2.24) is 14.9 Å². The topological polar surface area (TPSA) is 103 Å². The molecule has 12 heteroatoms. The molecule has 1 aromatic carbocycles. The number of nitrogens with zero attached hydrogens (tertiary/aromatic N) is 3. The lowest BCUT2D eigenvalue weighted by Gasteiger charge is -2.34. The van der Waals surface area contributed by atoms with Gasteiger partial charge in [0.1, 0.15) is 17.1 Å². The summed E-state index contributed by atoms with van der Waals surface area (Å²) in [5, 5.41) is 13.0. The molecule has 4 rings (SSSR count). The first-order valence-electron chi connectivity index (χ1n) is 9.58. The number of hydrogen-bond donors (Lipinski definition) is 2. The second kappa shape index (κ2) is 8.09. The molecule has 0 fully saturated rings. The van der Waals surface area contributed by atoms with Crippen molar-refractivity contribution in [3.8, 4) is 11.5 Å². The van der Waals surface area contributed by atoms with Gasteiger partial charge in [-0.3, -0.25) is 4.79 Å². The minimum atomic E-state index is -4.57. The van der Waals surface area contributed by atoms with E-state index in [0.717, 1.165) is 10.9 Å². The van der Waals surface area contributed by atoms with Crippen LogP contribution in [0.3, 0.4) is 0 Å². The monoisotopic (exact) mass is 451 g/mol. The van der Waals surface area contributed by atoms with Crippen LogP contribution in [-0.4, -0.2) is 41.2 Å². The highest BCUT2D eigenvalue weighted by atomic mass is 19.4. The lowest BCUT2D eigenvalue weighted by atomic mass is 9.96. The van der Waals surface area contributed by atoms with Crippen LogP contribution < -0.4 is 20.1 Å². The van der Waals surface area contributed by atoms with Crippen molar-refractivity contribution in [2.24, 2.45) is 0 Å². The van der Waals surface area contributed by atoms with Gasteiger partial charge < -0.3 is 24.6 Å². The molecule has 3 aromatic rings. The van der Waals surface area contributed by atoms with Crippen molar-refractivity contribution >= 4 is 17.5 Å². The van der Waals surface area contributed by atoms with E-state index < -0.39 is 24.2 Å². The van der Waals surface area contributed by atoms with E-state index in [9.17, 15) is 18.0 Å². The molecular formula is C20H20F3N5O4. The second-order valence-corrected chi connectivity index (χ2v) is 7.23. The highest BCUT2D eigenvalue weighted by Gasteiger charge is 2.47. The molecule has 0 radical (unpaired) electrons. The molecule has 0 unspecified atom stereocenters. The first-order chi connectivity index (χ1) is 15.2. The number of rotatable bonds is 5. The normalized spacial score (nSPS) is 17.9. The number of methoxy groups -OCH3 is 2. The van der Waals surface area contributed by atoms with Gasteiger partial charge in [-0.1, -0.05) is 11.2 Å². The number of carbonyl (C=O) groups is 1. The summed E-state index contributed by atoms with van der Waals surface area (Å²) in [6.07, 6.45) is -3.80. The Morgan fingerprint density at radius 2 is 2.00 bits per heavy atom. The minimum absolute atomic E-state index is 0.0453. The molecule has 170 valence electrons. The molecule has 1 aliphatic rings. The Bertz CT molecular complexity index is 1140. The van der Waals surface area contributed by atoms with Crippen molar-refractivity contribution in [1.29, 1.82) is 0 Å². The second-order valence-electron chi connectivity index (χ2n) is 7.23. The number of hydrogen-bond acceptors (Lipinski definition) is 7. The Kier molecular flexibility index (Phi) is 5.45. The van der Waals surface area contributed by atoms with Crippen molar-refractivity contribution in [2.45, 2.75) is 31.6 Å². The summed E-state index contributed by atoms with van der Waals surface area (Å²) in [5.41, 5.74) is 0.493. The third-order valence-electron chi connectivity index (χ3n) is 5.16. The van der Waals surface area contributed by atoms with Crippen molar-refractivity contribution in [3.05, 3.63) is 47.3 Å². The molecule has 2 aromatic heterocycles. The van der Waals surface area contributed by atoms with Gasteiger partial charge in [0, 0.05) is 12.5 Å². The Hall–Kier alpha value is -3.70. The van der Waals surface area contributed by atoms with Gasteiger partial charge in [0.05, 0.1) is 26.5 Å². The van der Waals surface area contributed by atoms with Crippen molar-refractivity contribution < 1.29 is 32.0 Å². The maximum Gasteiger partial charge on any atom is 0.410 e. The molecule has 2 atom stereocenters. The van der Waals surface area contributed by atoms with Crippen LogP contribution in [0.1, 0.15) is 40.2 Å². The minimum Gasteiger partial charge on any atom is -0.493 e. The van der Waals surface area contributed by atoms with Crippen LogP contribution in [0.2, 0.25) is 0 Å². The summed E-state index contributed by atoms with van der Waals surface area (Å²) in [6, 6.07) is 3.68. The molecule has 0 saturated heterocycles. The first-order valence-corrected chi connectivity index (χ1v) is 9.58. The van der Waals surface area contributed by atoms with Crippen molar-refractivity contribution in [2.75, 3.05) is 24.9 Å². The number of carbonyl (C=O) groups excluding carboxylic acids is 1. The third kappa shape index (κ3) is 3.95. The number of amides is 1. The van der Waals surface area contributed by atoms with E-state index in [1.165, 1.54) is 20.3 Å². The number of aryl methyl sites for hydroxylation is 1. The molecule has 0 bridgehead atoms. The molecule has 0 spiro atoms. The van der Waals surface area contributed by atoms with Gasteiger partial charge in [-0.05, 0) is 24.6 Å². The fraction of sp³-hybridized carbons (Fsp3) is 0.350. The van der Waals surface area contributed by atoms with Crippen LogP contribution in [0.4, 0.5) is 24.8 Å². The Morgan fingerprint density at radius 3 is 2.62 bits per heavy atom. The molecule has 1 aliphatic heterocycles. The zero-order valence-electron chi connectivity index (χ0n) is 17.4. The van der Waals surface area contributed by atoms with E-state index in [1.54, 1.807) is 25.1 Å². The molecule has 9 nitrogen and oxygen atoms in total. The van der Waals surface area contributed by atoms with Crippen LogP contribution in [0, 0.1) is 6.92 Å². The smallest absolute Gasteiger partial charge is 0.410 e. The van der Waals surface area contributed by atoms with E-state index in [-0.39, 0.29) is 23.6 Å². The molecule has 3 heterocycles. The van der Waals surface area contributed by atoms with Crippen LogP contribution >= 0.6 is 0 Å². The number of fused-ring (bicyclic) bond motifs is 1. The standard InChI is InChI=1S/C20H20F3N5O4/c1-10-6-17(27-32-10)26-19(29)12-9-24-28-16(20(21,22)23)8-13(25-18(12)28)11-4-5-14(30-2)15(7-11)31-3/h4-7,9,13,16,25H,8H2,1-3H3,(H,26,27,29)/t13-,16-/m1/s1. The Morgan fingerprint density at radius 1 is 1.25 bits per heavy atom. The van der Waals surface area contributed by atoms with Gasteiger partial charge in [0.15, 0.2) is 23.4 Å². The van der Waals surface area contributed by atoms with E-state index in [2.05, 4.69) is 20.9 Å². The number of halogens is 3. The number of benzene rings is 1. The van der Waals surface area contributed by atoms with Gasteiger partial charge in [-0.25, -0.2) is 4.68 Å². The average molecular weight is 451 g/mol. The number of ether oxygens (including phenoxy) is 2. The lowest BCUT2D eigenvalue weighted by molar-refractivity contribution is -0.173. The molecule has 32 heavy (non-hydrogen) atoms. The van der Waals surface area contributed by atoms with Gasteiger partial charge in [-0.15, -0.1) is 0 Å². The molecular weight excluding hydrogens is 431 g/mol. The fourth-order valence-electron chi connectivity index (χ4n) is 3.63. The molecule has 2 N–H and O–H groups in total. The van der Waals surface area contributed by atoms with Crippen molar-refractivity contribution in [3.63, 3.8) is 0 Å². The van der Waals surface area contributed by atoms with Crippen LogP contribution in [0.5, 0.6) is 11.5 Å². The SMILES string of the molecule is COc1ccc([C@H]2C[C@H](C(F)(F)F)n3ncc(C(=O)Nc4cc(C)on4)c3N2)cc1OC. The molecule has 1 amide bonds. The summed E-state index contributed by atoms with van der Waals surface area (Å²) in [5.74, 6) is 0.742. The summed E-state index contributed by atoms with van der Waals surface area (Å²) in [6.45, 7) is 1.65. The predicted octanol–water partition coefficient (Wildman–Crippen LogP) is 4.11.